The Balaban J connectivity index is 1.81. The first-order valence-electron chi connectivity index (χ1n) is 7.55. The van der Waals surface area contributed by atoms with Crippen molar-refractivity contribution in [2.45, 2.75) is 11.4 Å². The Hall–Kier alpha value is -1.58. The van der Waals surface area contributed by atoms with E-state index in [0.717, 1.165) is 25.1 Å². The highest BCUT2D eigenvalue weighted by molar-refractivity contribution is 8.00. The Morgan fingerprint density at radius 1 is 1.48 bits per heavy atom. The summed E-state index contributed by atoms with van der Waals surface area (Å²) in [5, 5.41) is 9.31. The van der Waals surface area contributed by atoms with E-state index in [1.54, 1.807) is 4.90 Å². The number of likely N-dealkylation sites (N-methyl/N-ethyl adjacent to an activating group) is 1. The summed E-state index contributed by atoms with van der Waals surface area (Å²) in [6.07, 6.45) is 0.854. The van der Waals surface area contributed by atoms with Gasteiger partial charge in [0.05, 0.1) is 33.2 Å². The van der Waals surface area contributed by atoms with E-state index in [9.17, 15) is 19.5 Å². The molecule has 9 heteroatoms. The van der Waals surface area contributed by atoms with Gasteiger partial charge < -0.3 is 20.2 Å². The minimum Gasteiger partial charge on any atom is -0.477 e. The molecule has 3 heterocycles. The quantitative estimate of drug-likeness (QED) is 0.366. The number of fused-ring (bicyclic) bond motifs is 1. The lowest BCUT2D eigenvalue weighted by Gasteiger charge is -2.49. The van der Waals surface area contributed by atoms with Gasteiger partial charge in [-0.05, 0) is 0 Å². The van der Waals surface area contributed by atoms with Gasteiger partial charge in [0.1, 0.15) is 23.7 Å². The molecule has 3 aliphatic heterocycles. The number of carboxylic acids is 1. The SMILES string of the molecule is C[N+]1(CC2=C(C(=O)O)N3C(=O)C(N)C3SC2)CCN(C=O)CC1. The number of β-lactam (4-membered cyclic amide) rings is 1. The van der Waals surface area contributed by atoms with Crippen molar-refractivity contribution in [2.24, 2.45) is 5.73 Å². The van der Waals surface area contributed by atoms with Crippen molar-refractivity contribution in [3.05, 3.63) is 11.3 Å². The third-order valence-corrected chi connectivity index (χ3v) is 6.23. The number of aliphatic carboxylic acids is 1. The highest BCUT2D eigenvalue weighted by Gasteiger charge is 2.52. The maximum Gasteiger partial charge on any atom is 0.352 e. The lowest BCUT2D eigenvalue weighted by molar-refractivity contribution is -0.908. The molecule has 0 radical (unpaired) electrons. The molecule has 0 aliphatic carbocycles. The first kappa shape index (κ1) is 16.3. The summed E-state index contributed by atoms with van der Waals surface area (Å²) < 4.78 is 0.676. The fourth-order valence-corrected chi connectivity index (χ4v) is 4.67. The highest BCUT2D eigenvalue weighted by Crippen LogP contribution is 2.40. The summed E-state index contributed by atoms with van der Waals surface area (Å²) in [6.45, 7) is 3.46. The third kappa shape index (κ3) is 2.73. The first-order valence-corrected chi connectivity index (χ1v) is 8.60. The Morgan fingerprint density at radius 2 is 2.13 bits per heavy atom. The second-order valence-electron chi connectivity index (χ2n) is 6.56. The second-order valence-corrected chi connectivity index (χ2v) is 7.66. The van der Waals surface area contributed by atoms with Crippen LogP contribution < -0.4 is 5.73 Å². The molecule has 0 aromatic rings. The molecule has 3 aliphatic rings. The van der Waals surface area contributed by atoms with Gasteiger partial charge in [-0.1, -0.05) is 0 Å². The van der Waals surface area contributed by atoms with Crippen molar-refractivity contribution in [1.29, 1.82) is 0 Å². The van der Waals surface area contributed by atoms with E-state index in [-0.39, 0.29) is 17.0 Å². The number of rotatable bonds is 4. The summed E-state index contributed by atoms with van der Waals surface area (Å²) in [6, 6.07) is -0.600. The van der Waals surface area contributed by atoms with E-state index in [1.807, 2.05) is 0 Å². The number of hydrogen-bond acceptors (Lipinski definition) is 5. The summed E-state index contributed by atoms with van der Waals surface area (Å²) in [5.41, 5.74) is 6.64. The van der Waals surface area contributed by atoms with Crippen LogP contribution in [0.25, 0.3) is 0 Å². The van der Waals surface area contributed by atoms with Crippen LogP contribution in [0.5, 0.6) is 0 Å². The Kier molecular flexibility index (Phi) is 4.11. The van der Waals surface area contributed by atoms with Crippen LogP contribution >= 0.6 is 11.8 Å². The number of carbonyl (C=O) groups is 3. The van der Waals surface area contributed by atoms with E-state index in [4.69, 9.17) is 5.73 Å². The summed E-state index contributed by atoms with van der Waals surface area (Å²) >= 11 is 1.53. The number of nitrogens with two attached hydrogens (primary N) is 1. The molecule has 0 aromatic carbocycles. The van der Waals surface area contributed by atoms with Gasteiger partial charge in [0.25, 0.3) is 0 Å². The van der Waals surface area contributed by atoms with Crippen LogP contribution in [0.3, 0.4) is 0 Å². The highest BCUT2D eigenvalue weighted by atomic mass is 32.2. The molecule has 0 spiro atoms. The van der Waals surface area contributed by atoms with Gasteiger partial charge in [0.2, 0.25) is 12.3 Å². The number of carboxylic acid groups (broad SMARTS) is 1. The maximum atomic E-state index is 11.9. The number of quaternary nitrogens is 1. The molecule has 8 nitrogen and oxygen atoms in total. The number of amides is 2. The van der Waals surface area contributed by atoms with E-state index < -0.39 is 12.0 Å². The smallest absolute Gasteiger partial charge is 0.352 e. The van der Waals surface area contributed by atoms with Crippen LogP contribution in [0.4, 0.5) is 0 Å². The van der Waals surface area contributed by atoms with E-state index in [1.165, 1.54) is 16.7 Å². The molecule has 0 aromatic heterocycles. The Morgan fingerprint density at radius 3 is 2.70 bits per heavy atom. The first-order chi connectivity index (χ1) is 10.9. The predicted molar refractivity (Wildman–Crippen MR) is 84.2 cm³/mol. The fraction of sp³-hybridized carbons (Fsp3) is 0.643. The van der Waals surface area contributed by atoms with Crippen molar-refractivity contribution in [2.75, 3.05) is 45.5 Å². The van der Waals surface area contributed by atoms with Gasteiger partial charge in [0.15, 0.2) is 0 Å². The molecule has 2 unspecified atom stereocenters. The zero-order chi connectivity index (χ0) is 16.8. The summed E-state index contributed by atoms with van der Waals surface area (Å²) in [5.74, 6) is -0.802. The topological polar surface area (TPSA) is 104 Å². The third-order valence-electron chi connectivity index (χ3n) is 4.87. The molecule has 3 rings (SSSR count). The molecule has 126 valence electrons. The van der Waals surface area contributed by atoms with Gasteiger partial charge in [-0.15, -0.1) is 11.8 Å². The summed E-state index contributed by atoms with van der Waals surface area (Å²) in [4.78, 5) is 37.5. The molecule has 2 atom stereocenters. The second kappa shape index (κ2) is 5.81. The van der Waals surface area contributed by atoms with Crippen LogP contribution in [-0.4, -0.2) is 94.6 Å². The molecule has 2 saturated heterocycles. The Labute approximate surface area is 138 Å². The van der Waals surface area contributed by atoms with E-state index in [2.05, 4.69) is 7.05 Å². The van der Waals surface area contributed by atoms with Gasteiger partial charge in [-0.25, -0.2) is 4.79 Å². The maximum absolute atomic E-state index is 11.9. The predicted octanol–water partition coefficient (Wildman–Crippen LogP) is -1.51. The van der Waals surface area contributed by atoms with Crippen molar-refractivity contribution in [3.8, 4) is 0 Å². The normalized spacial score (nSPS) is 29.9. The molecule has 0 saturated carbocycles. The largest absolute Gasteiger partial charge is 0.477 e. The molecule has 2 fully saturated rings. The minimum absolute atomic E-state index is 0.109. The van der Waals surface area contributed by atoms with Crippen molar-refractivity contribution < 1.29 is 24.0 Å². The van der Waals surface area contributed by atoms with Gasteiger partial charge >= 0.3 is 5.97 Å². The monoisotopic (exact) mass is 341 g/mol. The zero-order valence-corrected chi connectivity index (χ0v) is 13.8. The zero-order valence-electron chi connectivity index (χ0n) is 13.0. The molecule has 3 N–H and O–H groups in total. The van der Waals surface area contributed by atoms with Gasteiger partial charge in [0, 0.05) is 11.3 Å². The van der Waals surface area contributed by atoms with Crippen LogP contribution in [0.1, 0.15) is 0 Å². The minimum atomic E-state index is -1.07. The van der Waals surface area contributed by atoms with E-state index in [0.29, 0.717) is 29.9 Å². The average Bonchev–Trinajstić information content (AvgIpc) is 2.54. The van der Waals surface area contributed by atoms with Crippen molar-refractivity contribution in [3.63, 3.8) is 0 Å². The number of hydrogen-bond donors (Lipinski definition) is 2. The molecule has 23 heavy (non-hydrogen) atoms. The van der Waals surface area contributed by atoms with Gasteiger partial charge in [-0.3, -0.25) is 14.5 Å². The van der Waals surface area contributed by atoms with Crippen LogP contribution in [0.2, 0.25) is 0 Å². The lowest BCUT2D eigenvalue weighted by atomic mass is 10.0. The fourth-order valence-electron chi connectivity index (χ4n) is 3.39. The number of thioether (sulfide) groups is 1. The van der Waals surface area contributed by atoms with Crippen molar-refractivity contribution >= 4 is 30.0 Å². The molecular weight excluding hydrogens is 320 g/mol. The van der Waals surface area contributed by atoms with Crippen molar-refractivity contribution in [1.82, 2.24) is 9.80 Å². The van der Waals surface area contributed by atoms with E-state index >= 15 is 0 Å². The van der Waals surface area contributed by atoms with Crippen LogP contribution in [0.15, 0.2) is 11.3 Å². The summed E-state index contributed by atoms with van der Waals surface area (Å²) in [7, 11) is 2.06. The molecular formula is C14H21N4O4S+. The molecule has 2 amide bonds. The Bertz CT molecular complexity index is 585. The van der Waals surface area contributed by atoms with Crippen LogP contribution in [-0.2, 0) is 14.4 Å². The molecule has 0 bridgehead atoms. The number of carbonyl (C=O) groups excluding carboxylic acids is 2. The number of nitrogens with zero attached hydrogens (tertiary/aromatic N) is 3. The van der Waals surface area contributed by atoms with Crippen LogP contribution in [0, 0.1) is 0 Å². The standard InChI is InChI=1S/C14H20N4O4S/c1-18(4-2-16(8-19)3-5-18)6-9-7-23-13-10(15)12(20)17(13)11(9)14(21)22/h8,10,13H,2-7,15H2,1H3/p+1. The lowest BCUT2D eigenvalue weighted by Crippen LogP contribution is -2.69. The average molecular weight is 341 g/mol. The number of piperazine rings is 1. The van der Waals surface area contributed by atoms with Gasteiger partial charge in [-0.2, -0.15) is 0 Å².